The van der Waals surface area contributed by atoms with E-state index < -0.39 is 10.0 Å². The van der Waals surface area contributed by atoms with Gasteiger partial charge in [0.05, 0.1) is 4.90 Å². The summed E-state index contributed by atoms with van der Waals surface area (Å²) >= 11 is 0. The zero-order chi connectivity index (χ0) is 14.8. The van der Waals surface area contributed by atoms with Crippen LogP contribution in [0.5, 0.6) is 0 Å². The van der Waals surface area contributed by atoms with Gasteiger partial charge in [0, 0.05) is 25.4 Å². The van der Waals surface area contributed by atoms with E-state index in [1.54, 1.807) is 4.31 Å². The zero-order valence-electron chi connectivity index (χ0n) is 11.9. The van der Waals surface area contributed by atoms with Crippen molar-refractivity contribution >= 4 is 15.8 Å². The molecule has 0 saturated carbocycles. The number of piperidine rings is 1. The lowest BCUT2D eigenvalue weighted by molar-refractivity contribution is 0.226. The van der Waals surface area contributed by atoms with Gasteiger partial charge in [-0.1, -0.05) is 13.8 Å². The third-order valence-electron chi connectivity index (χ3n) is 3.96. The molecule has 0 spiro atoms. The molecule has 0 aromatic carbocycles. The second kappa shape index (κ2) is 6.07. The molecule has 0 unspecified atom stereocenters. The normalized spacial score (nSPS) is 18.4. The van der Waals surface area contributed by atoms with Crippen molar-refractivity contribution in [2.24, 2.45) is 17.7 Å². The number of nitrogen functional groups attached to an aromatic ring is 1. The minimum Gasteiger partial charge on any atom is -0.308 e. The number of aromatic nitrogens is 1. The highest BCUT2D eigenvalue weighted by molar-refractivity contribution is 7.89. The topological polar surface area (TPSA) is 88.3 Å². The fourth-order valence-electron chi connectivity index (χ4n) is 2.58. The first-order chi connectivity index (χ1) is 9.45. The Kier molecular flexibility index (Phi) is 4.62. The second-order valence-corrected chi connectivity index (χ2v) is 7.44. The molecule has 1 aromatic heterocycles. The van der Waals surface area contributed by atoms with Crippen molar-refractivity contribution in [3.63, 3.8) is 0 Å². The van der Waals surface area contributed by atoms with Crippen LogP contribution in [-0.4, -0.2) is 30.8 Å². The molecule has 1 aromatic rings. The molecule has 0 amide bonds. The number of nitrogens with one attached hydrogen (secondary N) is 1. The molecule has 0 bridgehead atoms. The van der Waals surface area contributed by atoms with Crippen molar-refractivity contribution in [2.45, 2.75) is 31.6 Å². The number of nitrogens with zero attached hydrogens (tertiary/aromatic N) is 2. The Morgan fingerprint density at radius 3 is 2.60 bits per heavy atom. The fraction of sp³-hybridized carbons (Fsp3) is 0.615. The van der Waals surface area contributed by atoms with Crippen LogP contribution in [0.2, 0.25) is 0 Å². The maximum absolute atomic E-state index is 12.6. The van der Waals surface area contributed by atoms with E-state index in [1.807, 2.05) is 0 Å². The number of pyridine rings is 1. The number of hydrogen-bond donors (Lipinski definition) is 2. The first kappa shape index (κ1) is 15.2. The Balaban J connectivity index is 2.15. The second-order valence-electron chi connectivity index (χ2n) is 5.51. The monoisotopic (exact) mass is 298 g/mol. The molecule has 112 valence electrons. The molecule has 0 atom stereocenters. The largest absolute Gasteiger partial charge is 0.308 e. The van der Waals surface area contributed by atoms with Crippen LogP contribution in [0.15, 0.2) is 23.2 Å². The van der Waals surface area contributed by atoms with Crippen molar-refractivity contribution in [3.8, 4) is 0 Å². The summed E-state index contributed by atoms with van der Waals surface area (Å²) in [5, 5.41) is 0. The Bertz CT molecular complexity index is 551. The molecular weight excluding hydrogens is 276 g/mol. The van der Waals surface area contributed by atoms with Gasteiger partial charge in [-0.3, -0.25) is 0 Å². The number of sulfonamides is 1. The van der Waals surface area contributed by atoms with Gasteiger partial charge in [0.25, 0.3) is 0 Å². The van der Waals surface area contributed by atoms with Gasteiger partial charge in [-0.2, -0.15) is 4.31 Å². The molecule has 0 radical (unpaired) electrons. The van der Waals surface area contributed by atoms with E-state index in [9.17, 15) is 8.42 Å². The van der Waals surface area contributed by atoms with Crippen molar-refractivity contribution in [1.82, 2.24) is 9.29 Å². The summed E-state index contributed by atoms with van der Waals surface area (Å²) in [6, 6.07) is 2.97. The first-order valence-electron chi connectivity index (χ1n) is 6.88. The van der Waals surface area contributed by atoms with E-state index in [2.05, 4.69) is 24.3 Å². The Hall–Kier alpha value is -1.18. The van der Waals surface area contributed by atoms with Gasteiger partial charge in [-0.05, 0) is 30.7 Å². The van der Waals surface area contributed by atoms with E-state index >= 15 is 0 Å². The molecule has 1 fully saturated rings. The zero-order valence-corrected chi connectivity index (χ0v) is 12.7. The van der Waals surface area contributed by atoms with E-state index in [-0.39, 0.29) is 4.90 Å². The molecule has 0 aliphatic carbocycles. The Morgan fingerprint density at radius 2 is 2.05 bits per heavy atom. The maximum atomic E-state index is 12.6. The van der Waals surface area contributed by atoms with Crippen LogP contribution in [0, 0.1) is 11.8 Å². The van der Waals surface area contributed by atoms with Gasteiger partial charge < -0.3 is 5.43 Å². The van der Waals surface area contributed by atoms with Crippen LogP contribution in [0.1, 0.15) is 26.7 Å². The average Bonchev–Trinajstić information content (AvgIpc) is 2.47. The molecule has 7 heteroatoms. The lowest BCUT2D eigenvalue weighted by Gasteiger charge is -2.33. The number of rotatable bonds is 4. The Labute approximate surface area is 120 Å². The van der Waals surface area contributed by atoms with E-state index in [0.29, 0.717) is 30.7 Å². The van der Waals surface area contributed by atoms with Gasteiger partial charge in [-0.25, -0.2) is 19.2 Å². The molecule has 3 N–H and O–H groups in total. The lowest BCUT2D eigenvalue weighted by Crippen LogP contribution is -2.39. The van der Waals surface area contributed by atoms with Gasteiger partial charge >= 0.3 is 0 Å². The fourth-order valence-corrected chi connectivity index (χ4v) is 4.07. The highest BCUT2D eigenvalue weighted by atomic mass is 32.2. The molecular formula is C13H22N4O2S. The van der Waals surface area contributed by atoms with Gasteiger partial charge in [0.15, 0.2) is 0 Å². The van der Waals surface area contributed by atoms with Crippen LogP contribution in [0.4, 0.5) is 5.82 Å². The predicted molar refractivity (Wildman–Crippen MR) is 78.4 cm³/mol. The summed E-state index contributed by atoms with van der Waals surface area (Å²) in [5.74, 6) is 6.84. The Morgan fingerprint density at radius 1 is 1.40 bits per heavy atom. The summed E-state index contributed by atoms with van der Waals surface area (Å²) in [6.45, 7) is 5.55. The highest BCUT2D eigenvalue weighted by Gasteiger charge is 2.30. The average molecular weight is 298 g/mol. The molecule has 20 heavy (non-hydrogen) atoms. The van der Waals surface area contributed by atoms with E-state index in [0.717, 1.165) is 12.8 Å². The standard InChI is InChI=1S/C13H22N4O2S/c1-10(2)11-4-7-17(8-5-11)20(18,19)12-3-6-15-13(9-12)16-14/h3,6,9-11H,4-5,7-8,14H2,1-2H3,(H,15,16). The smallest absolute Gasteiger partial charge is 0.243 e. The third-order valence-corrected chi connectivity index (χ3v) is 5.85. The summed E-state index contributed by atoms with van der Waals surface area (Å²) < 4.78 is 26.7. The van der Waals surface area contributed by atoms with E-state index in [1.165, 1.54) is 18.3 Å². The van der Waals surface area contributed by atoms with Crippen molar-refractivity contribution < 1.29 is 8.42 Å². The molecule has 6 nitrogen and oxygen atoms in total. The summed E-state index contributed by atoms with van der Waals surface area (Å²) in [4.78, 5) is 4.17. The van der Waals surface area contributed by atoms with Crippen LogP contribution in [0.3, 0.4) is 0 Å². The SMILES string of the molecule is CC(C)C1CCN(S(=O)(=O)c2ccnc(NN)c2)CC1. The minimum atomic E-state index is -3.45. The van der Waals surface area contributed by atoms with Crippen LogP contribution in [-0.2, 0) is 10.0 Å². The maximum Gasteiger partial charge on any atom is 0.243 e. The minimum absolute atomic E-state index is 0.239. The number of nitrogens with two attached hydrogens (primary N) is 1. The first-order valence-corrected chi connectivity index (χ1v) is 8.32. The van der Waals surface area contributed by atoms with Gasteiger partial charge in [0.1, 0.15) is 5.82 Å². The van der Waals surface area contributed by atoms with Gasteiger partial charge in [0.2, 0.25) is 10.0 Å². The number of hydrogen-bond acceptors (Lipinski definition) is 5. The molecule has 1 aliphatic heterocycles. The molecule has 1 saturated heterocycles. The van der Waals surface area contributed by atoms with Gasteiger partial charge in [-0.15, -0.1) is 0 Å². The van der Waals surface area contributed by atoms with Crippen molar-refractivity contribution in [1.29, 1.82) is 0 Å². The van der Waals surface area contributed by atoms with Crippen LogP contribution < -0.4 is 11.3 Å². The number of hydrazine groups is 1. The molecule has 2 heterocycles. The van der Waals surface area contributed by atoms with Crippen LogP contribution in [0.25, 0.3) is 0 Å². The third kappa shape index (κ3) is 3.11. The lowest BCUT2D eigenvalue weighted by atomic mass is 9.87. The quantitative estimate of drug-likeness (QED) is 0.648. The van der Waals surface area contributed by atoms with Crippen molar-refractivity contribution in [3.05, 3.63) is 18.3 Å². The van der Waals surface area contributed by atoms with Crippen LogP contribution >= 0.6 is 0 Å². The molecule has 2 rings (SSSR count). The summed E-state index contributed by atoms with van der Waals surface area (Å²) in [6.07, 6.45) is 3.29. The highest BCUT2D eigenvalue weighted by Crippen LogP contribution is 2.28. The predicted octanol–water partition coefficient (Wildman–Crippen LogP) is 1.42. The molecule has 1 aliphatic rings. The van der Waals surface area contributed by atoms with Crippen molar-refractivity contribution in [2.75, 3.05) is 18.5 Å². The summed E-state index contributed by atoms with van der Waals surface area (Å²) in [5.41, 5.74) is 2.37. The van der Waals surface area contributed by atoms with E-state index in [4.69, 9.17) is 5.84 Å². The summed E-state index contributed by atoms with van der Waals surface area (Å²) in [7, 11) is -3.45. The number of anilines is 1.